The van der Waals surface area contributed by atoms with Crippen LogP contribution in [0.1, 0.15) is 24.5 Å². The normalized spacial score (nSPS) is 18.8. The molecule has 3 rings (SSSR count). The fourth-order valence-corrected chi connectivity index (χ4v) is 4.25. The van der Waals surface area contributed by atoms with E-state index in [0.29, 0.717) is 17.7 Å². The Kier molecular flexibility index (Phi) is 5.30. The van der Waals surface area contributed by atoms with Crippen LogP contribution in [0.2, 0.25) is 0 Å². The molecule has 0 bridgehead atoms. The number of carboxylic acids is 1. The summed E-state index contributed by atoms with van der Waals surface area (Å²) in [5, 5.41) is 18.3. The van der Waals surface area contributed by atoms with E-state index in [9.17, 15) is 14.7 Å². The number of carbonyl (C=O) groups is 2. The molecule has 6 heteroatoms. The highest BCUT2D eigenvalue weighted by Gasteiger charge is 2.34. The van der Waals surface area contributed by atoms with E-state index >= 15 is 0 Å². The lowest BCUT2D eigenvalue weighted by atomic mass is 9.88. The highest BCUT2D eigenvalue weighted by molar-refractivity contribution is 8.03. The van der Waals surface area contributed by atoms with Gasteiger partial charge in [-0.1, -0.05) is 43.3 Å². The van der Waals surface area contributed by atoms with Gasteiger partial charge in [-0.3, -0.25) is 9.59 Å². The number of benzene rings is 1. The van der Waals surface area contributed by atoms with Gasteiger partial charge in [0.25, 0.3) is 0 Å². The average Bonchev–Trinajstić information content (AvgIpc) is 2.59. The molecule has 0 saturated carbocycles. The summed E-state index contributed by atoms with van der Waals surface area (Å²) in [6, 6.07) is 4.06. The van der Waals surface area contributed by atoms with Gasteiger partial charge in [0.15, 0.2) is 5.78 Å². The highest BCUT2D eigenvalue weighted by Crippen LogP contribution is 2.46. The molecule has 1 atom stereocenters. The molecule has 25 heavy (non-hydrogen) atoms. The Labute approximate surface area is 150 Å². The van der Waals surface area contributed by atoms with E-state index in [1.807, 2.05) is 6.07 Å². The van der Waals surface area contributed by atoms with E-state index in [0.717, 1.165) is 33.8 Å². The minimum Gasteiger partial charge on any atom is -0.490 e. The molecule has 2 aliphatic rings. The lowest BCUT2D eigenvalue weighted by Gasteiger charge is -2.26. The topological polar surface area (TPSA) is 83.8 Å². The van der Waals surface area contributed by atoms with Crippen LogP contribution in [-0.2, 0) is 22.4 Å². The number of allylic oxidation sites excluding steroid dienone is 2. The standard InChI is InChI=1S/C19H20O5S/c1-2-3-11-8-12-10-14-16(5-4-13(17(14)21)19(22)23)25-18(12)15(9-11)24-7-6-20/h4-5,8-9,13,20H,2-3,6-7,10H2,1H3,(H,22,23). The highest BCUT2D eigenvalue weighted by atomic mass is 32.2. The van der Waals surface area contributed by atoms with Crippen molar-refractivity contribution in [2.75, 3.05) is 13.2 Å². The molecule has 0 amide bonds. The maximum atomic E-state index is 12.5. The SMILES string of the molecule is CCCc1cc2c(c(OCCO)c1)SC1=C(C2)C(=O)C(C(=O)O)C=C1. The fraction of sp³-hybridized carbons (Fsp3) is 0.368. The van der Waals surface area contributed by atoms with E-state index in [2.05, 4.69) is 13.0 Å². The molecule has 1 aromatic carbocycles. The number of aryl methyl sites for hydroxylation is 1. The van der Waals surface area contributed by atoms with Crippen LogP contribution in [0.15, 0.2) is 39.7 Å². The molecular formula is C19H20O5S. The molecule has 1 aliphatic heterocycles. The Morgan fingerprint density at radius 2 is 2.20 bits per heavy atom. The fourth-order valence-electron chi connectivity index (χ4n) is 3.11. The number of aliphatic hydroxyl groups is 1. The summed E-state index contributed by atoms with van der Waals surface area (Å²) in [4.78, 5) is 25.5. The number of hydrogen-bond acceptors (Lipinski definition) is 5. The van der Waals surface area contributed by atoms with Crippen molar-refractivity contribution >= 4 is 23.5 Å². The van der Waals surface area contributed by atoms with Crippen molar-refractivity contribution in [3.05, 3.63) is 45.9 Å². The quantitative estimate of drug-likeness (QED) is 0.759. The summed E-state index contributed by atoms with van der Waals surface area (Å²) in [6.07, 6.45) is 5.46. The zero-order chi connectivity index (χ0) is 18.0. The maximum absolute atomic E-state index is 12.5. The van der Waals surface area contributed by atoms with Gasteiger partial charge in [0.1, 0.15) is 18.3 Å². The molecule has 1 aromatic rings. The second-order valence-corrected chi connectivity index (χ2v) is 7.12. The van der Waals surface area contributed by atoms with Gasteiger partial charge in [0, 0.05) is 16.9 Å². The maximum Gasteiger partial charge on any atom is 0.318 e. The summed E-state index contributed by atoms with van der Waals surface area (Å²) in [6.45, 7) is 2.24. The number of carbonyl (C=O) groups excluding carboxylic acids is 1. The first kappa shape index (κ1) is 17.8. The first-order valence-electron chi connectivity index (χ1n) is 8.30. The average molecular weight is 360 g/mol. The second kappa shape index (κ2) is 7.45. The summed E-state index contributed by atoms with van der Waals surface area (Å²) in [5.41, 5.74) is 2.66. The molecule has 0 saturated heterocycles. The molecule has 0 radical (unpaired) electrons. The van der Waals surface area contributed by atoms with Crippen molar-refractivity contribution in [3.8, 4) is 5.75 Å². The predicted octanol–water partition coefficient (Wildman–Crippen LogP) is 2.75. The molecule has 1 unspecified atom stereocenters. The van der Waals surface area contributed by atoms with E-state index in [4.69, 9.17) is 9.84 Å². The monoisotopic (exact) mass is 360 g/mol. The molecule has 0 fully saturated rings. The van der Waals surface area contributed by atoms with Crippen molar-refractivity contribution < 1.29 is 24.5 Å². The number of aliphatic carboxylic acids is 1. The summed E-state index contributed by atoms with van der Waals surface area (Å²) in [5.74, 6) is -1.82. The predicted molar refractivity (Wildman–Crippen MR) is 94.9 cm³/mol. The zero-order valence-corrected chi connectivity index (χ0v) is 14.8. The van der Waals surface area contributed by atoms with Crippen LogP contribution in [0.25, 0.3) is 0 Å². The van der Waals surface area contributed by atoms with Crippen molar-refractivity contribution in [2.24, 2.45) is 5.92 Å². The number of rotatable bonds is 6. The van der Waals surface area contributed by atoms with Crippen LogP contribution >= 0.6 is 11.8 Å². The third-order valence-electron chi connectivity index (χ3n) is 4.24. The summed E-state index contributed by atoms with van der Waals surface area (Å²) >= 11 is 1.43. The minimum atomic E-state index is -1.12. The smallest absolute Gasteiger partial charge is 0.318 e. The molecule has 5 nitrogen and oxygen atoms in total. The van der Waals surface area contributed by atoms with Gasteiger partial charge in [-0.25, -0.2) is 0 Å². The van der Waals surface area contributed by atoms with E-state index in [-0.39, 0.29) is 19.0 Å². The lowest BCUT2D eigenvalue weighted by molar-refractivity contribution is -0.143. The number of ketones is 1. The molecule has 0 aromatic heterocycles. The Balaban J connectivity index is 1.98. The number of thioether (sulfide) groups is 1. The van der Waals surface area contributed by atoms with Crippen LogP contribution in [-0.4, -0.2) is 35.2 Å². The number of fused-ring (bicyclic) bond motifs is 1. The van der Waals surface area contributed by atoms with Crippen molar-refractivity contribution in [2.45, 2.75) is 31.1 Å². The van der Waals surface area contributed by atoms with Crippen LogP contribution in [0.4, 0.5) is 0 Å². The zero-order valence-electron chi connectivity index (χ0n) is 13.9. The number of aliphatic hydroxyl groups excluding tert-OH is 1. The van der Waals surface area contributed by atoms with Gasteiger partial charge >= 0.3 is 5.97 Å². The summed E-state index contributed by atoms with van der Waals surface area (Å²) in [7, 11) is 0. The lowest BCUT2D eigenvalue weighted by Crippen LogP contribution is -2.28. The van der Waals surface area contributed by atoms with Crippen LogP contribution in [0.3, 0.4) is 0 Å². The van der Waals surface area contributed by atoms with E-state index in [1.54, 1.807) is 6.08 Å². The van der Waals surface area contributed by atoms with Crippen molar-refractivity contribution in [1.82, 2.24) is 0 Å². The molecule has 132 valence electrons. The van der Waals surface area contributed by atoms with Gasteiger partial charge in [-0.15, -0.1) is 0 Å². The third kappa shape index (κ3) is 3.50. The molecule has 1 aliphatic carbocycles. The van der Waals surface area contributed by atoms with Crippen molar-refractivity contribution in [1.29, 1.82) is 0 Å². The minimum absolute atomic E-state index is 0.0654. The van der Waals surface area contributed by atoms with Gasteiger partial charge in [-0.05, 0) is 23.6 Å². The molecule has 1 heterocycles. The largest absolute Gasteiger partial charge is 0.490 e. The molecular weight excluding hydrogens is 340 g/mol. The summed E-state index contributed by atoms with van der Waals surface area (Å²) < 4.78 is 5.71. The van der Waals surface area contributed by atoms with Crippen LogP contribution in [0, 0.1) is 5.92 Å². The van der Waals surface area contributed by atoms with Gasteiger partial charge in [0.05, 0.1) is 11.5 Å². The molecule has 2 N–H and O–H groups in total. The molecule has 0 spiro atoms. The van der Waals surface area contributed by atoms with Crippen LogP contribution in [0.5, 0.6) is 5.75 Å². The number of carboxylic acid groups (broad SMARTS) is 1. The van der Waals surface area contributed by atoms with Crippen molar-refractivity contribution in [3.63, 3.8) is 0 Å². The van der Waals surface area contributed by atoms with Gasteiger partial charge < -0.3 is 14.9 Å². The Hall–Kier alpha value is -2.05. The number of ether oxygens (including phenoxy) is 1. The second-order valence-electron chi connectivity index (χ2n) is 6.07. The Morgan fingerprint density at radius 3 is 2.88 bits per heavy atom. The van der Waals surface area contributed by atoms with E-state index < -0.39 is 11.9 Å². The van der Waals surface area contributed by atoms with Gasteiger partial charge in [-0.2, -0.15) is 0 Å². The van der Waals surface area contributed by atoms with Gasteiger partial charge in [0.2, 0.25) is 0 Å². The first-order chi connectivity index (χ1) is 12.0. The number of hydrogen-bond donors (Lipinski definition) is 2. The van der Waals surface area contributed by atoms with E-state index in [1.165, 1.54) is 17.8 Å². The number of Topliss-reactive ketones (excluding diaryl/α,β-unsaturated/α-hetero) is 1. The Bertz CT molecular complexity index is 778. The third-order valence-corrected chi connectivity index (χ3v) is 5.51. The van der Waals surface area contributed by atoms with Crippen LogP contribution < -0.4 is 4.74 Å². The Morgan fingerprint density at radius 1 is 1.40 bits per heavy atom. The first-order valence-corrected chi connectivity index (χ1v) is 9.12.